The molecule has 4 rings (SSSR count). The summed E-state index contributed by atoms with van der Waals surface area (Å²) < 4.78 is 10.7. The predicted molar refractivity (Wildman–Crippen MR) is 116 cm³/mol. The van der Waals surface area contributed by atoms with Gasteiger partial charge in [0, 0.05) is 30.5 Å². The van der Waals surface area contributed by atoms with Gasteiger partial charge >= 0.3 is 0 Å². The molecule has 2 amide bonds. The van der Waals surface area contributed by atoms with E-state index >= 15 is 0 Å². The molecule has 0 unspecified atom stereocenters. The maximum Gasteiger partial charge on any atom is 0.252 e. The van der Waals surface area contributed by atoms with Crippen LogP contribution in [0.25, 0.3) is 0 Å². The lowest BCUT2D eigenvalue weighted by Crippen LogP contribution is -2.53. The van der Waals surface area contributed by atoms with Crippen molar-refractivity contribution in [1.82, 2.24) is 9.80 Å². The van der Waals surface area contributed by atoms with Crippen molar-refractivity contribution in [2.24, 2.45) is 4.99 Å². The first-order chi connectivity index (χ1) is 14.0. The van der Waals surface area contributed by atoms with Gasteiger partial charge in [-0.25, -0.2) is 4.99 Å². The third kappa shape index (κ3) is 3.70. The summed E-state index contributed by atoms with van der Waals surface area (Å²) in [5, 5.41) is 0.651. The molecule has 3 aliphatic heterocycles. The lowest BCUT2D eigenvalue weighted by atomic mass is 10.2. The first-order valence-corrected chi connectivity index (χ1v) is 11.6. The van der Waals surface area contributed by atoms with Gasteiger partial charge in [0.05, 0.1) is 19.1 Å². The van der Waals surface area contributed by atoms with Gasteiger partial charge in [-0.05, 0) is 31.9 Å². The maximum atomic E-state index is 13.5. The van der Waals surface area contributed by atoms with Crippen LogP contribution in [0.1, 0.15) is 26.2 Å². The zero-order chi connectivity index (χ0) is 20.6. The minimum atomic E-state index is -0.420. The van der Waals surface area contributed by atoms with Crippen LogP contribution in [-0.2, 0) is 9.59 Å². The second kappa shape index (κ2) is 8.10. The Morgan fingerprint density at radius 3 is 2.90 bits per heavy atom. The standard InChI is InChI=1S/C20H25N3O4S2/c1-20-8-7-17(24)23(20)15(12-29-20)18(25)22-9-4-10-28-19(22)21-14-11-13(26-2)5-6-16(14)27-3/h5-6,11,15H,4,7-10,12H2,1-3H3/t15-,20+/m0/s1. The second-order valence-electron chi connectivity index (χ2n) is 7.39. The zero-order valence-electron chi connectivity index (χ0n) is 16.8. The molecule has 3 saturated heterocycles. The first kappa shape index (κ1) is 20.4. The van der Waals surface area contributed by atoms with E-state index in [1.807, 2.05) is 11.0 Å². The number of ether oxygens (including phenoxy) is 2. The van der Waals surface area contributed by atoms with Gasteiger partial charge in [-0.3, -0.25) is 14.5 Å². The molecule has 1 aromatic carbocycles. The van der Waals surface area contributed by atoms with Crippen molar-refractivity contribution in [3.63, 3.8) is 0 Å². The van der Waals surface area contributed by atoms with Crippen LogP contribution in [0.2, 0.25) is 0 Å². The number of fused-ring (bicyclic) bond motifs is 1. The van der Waals surface area contributed by atoms with Crippen molar-refractivity contribution in [1.29, 1.82) is 0 Å². The SMILES string of the molecule is COc1ccc(OC)c(N=C2SCCCN2C(=O)[C@@H]2CS[C@]3(C)CCC(=O)N23)c1. The van der Waals surface area contributed by atoms with Gasteiger partial charge in [-0.1, -0.05) is 11.8 Å². The summed E-state index contributed by atoms with van der Waals surface area (Å²) in [6.45, 7) is 2.67. The predicted octanol–water partition coefficient (Wildman–Crippen LogP) is 3.11. The Balaban J connectivity index is 1.64. The Hall–Kier alpha value is -1.87. The van der Waals surface area contributed by atoms with Crippen molar-refractivity contribution >= 4 is 46.2 Å². The van der Waals surface area contributed by atoms with Crippen LogP contribution in [-0.4, -0.2) is 70.0 Å². The smallest absolute Gasteiger partial charge is 0.252 e. The third-order valence-corrected chi connectivity index (χ3v) is 8.15. The molecule has 3 aliphatic rings. The summed E-state index contributed by atoms with van der Waals surface area (Å²) in [4.78, 5) is 34.0. The number of amides is 2. The minimum absolute atomic E-state index is 0.0377. The Bertz CT molecular complexity index is 862. The highest BCUT2D eigenvalue weighted by atomic mass is 32.2. The summed E-state index contributed by atoms with van der Waals surface area (Å²) in [6, 6.07) is 5.00. The normalized spacial score (nSPS) is 28.0. The Labute approximate surface area is 179 Å². The van der Waals surface area contributed by atoms with Crippen molar-refractivity contribution < 1.29 is 19.1 Å². The number of carbonyl (C=O) groups is 2. The molecule has 1 aromatic rings. The number of benzene rings is 1. The molecule has 156 valence electrons. The van der Waals surface area contributed by atoms with E-state index in [0.29, 0.717) is 41.1 Å². The van der Waals surface area contributed by atoms with E-state index in [2.05, 4.69) is 6.92 Å². The fraction of sp³-hybridized carbons (Fsp3) is 0.550. The second-order valence-corrected chi connectivity index (χ2v) is 9.95. The Morgan fingerprint density at radius 1 is 1.31 bits per heavy atom. The maximum absolute atomic E-state index is 13.5. The van der Waals surface area contributed by atoms with E-state index in [-0.39, 0.29) is 16.7 Å². The Kier molecular flexibility index (Phi) is 5.70. The van der Waals surface area contributed by atoms with E-state index < -0.39 is 6.04 Å². The summed E-state index contributed by atoms with van der Waals surface area (Å²) in [6.07, 6.45) is 2.22. The van der Waals surface area contributed by atoms with Crippen LogP contribution in [0.3, 0.4) is 0 Å². The lowest BCUT2D eigenvalue weighted by molar-refractivity contribution is -0.141. The van der Waals surface area contributed by atoms with Crippen molar-refractivity contribution in [3.8, 4) is 11.5 Å². The van der Waals surface area contributed by atoms with Crippen LogP contribution in [0.15, 0.2) is 23.2 Å². The van der Waals surface area contributed by atoms with Gasteiger partial charge in [0.15, 0.2) is 5.17 Å². The summed E-state index contributed by atoms with van der Waals surface area (Å²) >= 11 is 3.27. The molecule has 0 aliphatic carbocycles. The number of aliphatic imine (C=N–C) groups is 1. The molecule has 0 radical (unpaired) electrons. The minimum Gasteiger partial charge on any atom is -0.497 e. The highest BCUT2D eigenvalue weighted by Crippen LogP contribution is 2.47. The molecular weight excluding hydrogens is 410 g/mol. The average molecular weight is 436 g/mol. The van der Waals surface area contributed by atoms with E-state index in [1.165, 1.54) is 0 Å². The summed E-state index contributed by atoms with van der Waals surface area (Å²) in [5.41, 5.74) is 0.622. The monoisotopic (exact) mass is 435 g/mol. The summed E-state index contributed by atoms with van der Waals surface area (Å²) in [5.74, 6) is 2.87. The van der Waals surface area contributed by atoms with Crippen LogP contribution in [0, 0.1) is 0 Å². The molecule has 0 aromatic heterocycles. The van der Waals surface area contributed by atoms with Gasteiger partial charge in [0.1, 0.15) is 23.2 Å². The van der Waals surface area contributed by atoms with Crippen LogP contribution in [0.5, 0.6) is 11.5 Å². The van der Waals surface area contributed by atoms with Crippen LogP contribution >= 0.6 is 23.5 Å². The third-order valence-electron chi connectivity index (χ3n) is 5.59. The van der Waals surface area contributed by atoms with E-state index in [0.717, 1.165) is 18.6 Å². The quantitative estimate of drug-likeness (QED) is 0.724. The van der Waals surface area contributed by atoms with Crippen molar-refractivity contribution in [2.45, 2.75) is 37.1 Å². The number of carbonyl (C=O) groups excluding carboxylic acids is 2. The zero-order valence-corrected chi connectivity index (χ0v) is 18.5. The molecule has 0 spiro atoms. The molecule has 29 heavy (non-hydrogen) atoms. The van der Waals surface area contributed by atoms with Crippen LogP contribution in [0.4, 0.5) is 5.69 Å². The van der Waals surface area contributed by atoms with Gasteiger partial charge in [-0.2, -0.15) is 0 Å². The molecule has 3 fully saturated rings. The number of amidine groups is 1. The van der Waals surface area contributed by atoms with Gasteiger partial charge in [-0.15, -0.1) is 11.8 Å². The molecule has 0 bridgehead atoms. The van der Waals surface area contributed by atoms with Crippen molar-refractivity contribution in [3.05, 3.63) is 18.2 Å². The first-order valence-electron chi connectivity index (χ1n) is 9.68. The highest BCUT2D eigenvalue weighted by Gasteiger charge is 2.54. The average Bonchev–Trinajstić information content (AvgIpc) is 3.23. The molecular formula is C20H25N3O4S2. The van der Waals surface area contributed by atoms with E-state index in [9.17, 15) is 9.59 Å². The topological polar surface area (TPSA) is 71.4 Å². The number of methoxy groups -OCH3 is 2. The fourth-order valence-electron chi connectivity index (χ4n) is 4.03. The van der Waals surface area contributed by atoms with E-state index in [1.54, 1.807) is 54.8 Å². The molecule has 0 N–H and O–H groups in total. The van der Waals surface area contributed by atoms with Gasteiger partial charge < -0.3 is 14.4 Å². The number of thioether (sulfide) groups is 2. The van der Waals surface area contributed by atoms with Crippen molar-refractivity contribution in [2.75, 3.05) is 32.3 Å². The van der Waals surface area contributed by atoms with Gasteiger partial charge in [0.2, 0.25) is 5.91 Å². The molecule has 9 heteroatoms. The highest BCUT2D eigenvalue weighted by molar-refractivity contribution is 8.13. The fourth-order valence-corrected chi connectivity index (χ4v) is 6.41. The Morgan fingerprint density at radius 2 is 2.14 bits per heavy atom. The van der Waals surface area contributed by atoms with E-state index in [4.69, 9.17) is 14.5 Å². The summed E-state index contributed by atoms with van der Waals surface area (Å²) in [7, 11) is 3.20. The molecule has 0 saturated carbocycles. The van der Waals surface area contributed by atoms with Crippen LogP contribution < -0.4 is 9.47 Å². The van der Waals surface area contributed by atoms with Gasteiger partial charge in [0.25, 0.3) is 5.91 Å². The largest absolute Gasteiger partial charge is 0.497 e. The molecule has 7 nitrogen and oxygen atoms in total. The molecule has 2 atom stereocenters. The number of hydrogen-bond donors (Lipinski definition) is 0. The lowest BCUT2D eigenvalue weighted by Gasteiger charge is -2.34. The molecule has 3 heterocycles. The number of hydrogen-bond acceptors (Lipinski definition) is 7. The number of nitrogens with zero attached hydrogens (tertiary/aromatic N) is 3. The number of rotatable bonds is 4.